The number of fused-ring (bicyclic) bond motifs is 1. The van der Waals surface area contributed by atoms with Gasteiger partial charge in [-0.2, -0.15) is 0 Å². The summed E-state index contributed by atoms with van der Waals surface area (Å²) in [4.78, 5) is 28.6. The maximum absolute atomic E-state index is 12.4. The number of imidazole rings is 1. The maximum Gasteiger partial charge on any atom is 0.439 e. The molecule has 6 rings (SSSR count). The molecule has 212 valence electrons. The van der Waals surface area contributed by atoms with E-state index in [1.54, 1.807) is 31.6 Å². The molecule has 0 bridgehead atoms. The van der Waals surface area contributed by atoms with Gasteiger partial charge in [0, 0.05) is 31.6 Å². The molecule has 0 spiro atoms. The summed E-state index contributed by atoms with van der Waals surface area (Å²) in [6, 6.07) is 12.9. The number of benzene rings is 1. The SMILES string of the molecule is COCC(O)(c1ccccc1)c1nc2cc(-c3noc(=O)[nH]3)nc(-c3cncc(Cl)c3)c2n1C[C@H]1CC[C@H](C)CC1. The fourth-order valence-electron chi connectivity index (χ4n) is 5.82. The Bertz CT molecular complexity index is 1720. The molecule has 1 atom stereocenters. The molecule has 5 aromatic rings. The van der Waals surface area contributed by atoms with E-state index in [1.807, 2.05) is 30.3 Å². The average Bonchev–Trinajstić information content (AvgIpc) is 3.58. The van der Waals surface area contributed by atoms with Crippen molar-refractivity contribution in [3.05, 3.63) is 81.8 Å². The molecule has 4 heterocycles. The summed E-state index contributed by atoms with van der Waals surface area (Å²) in [5.74, 6) is 1.01. The van der Waals surface area contributed by atoms with E-state index in [2.05, 4.69) is 26.6 Å². The van der Waals surface area contributed by atoms with Crippen LogP contribution in [-0.4, -0.2) is 48.5 Å². The fourth-order valence-corrected chi connectivity index (χ4v) is 6.00. The van der Waals surface area contributed by atoms with Crippen LogP contribution in [0.25, 0.3) is 33.8 Å². The Labute approximate surface area is 241 Å². The Morgan fingerprint density at radius 3 is 2.61 bits per heavy atom. The molecule has 41 heavy (non-hydrogen) atoms. The Morgan fingerprint density at radius 2 is 1.93 bits per heavy atom. The first kappa shape index (κ1) is 27.3. The first-order valence-corrected chi connectivity index (χ1v) is 14.1. The Hall–Kier alpha value is -3.86. The molecule has 1 saturated carbocycles. The van der Waals surface area contributed by atoms with Crippen LogP contribution in [0.15, 0.2) is 64.2 Å². The molecule has 0 saturated heterocycles. The summed E-state index contributed by atoms with van der Waals surface area (Å²) in [5.41, 5.74) is 1.97. The van der Waals surface area contributed by atoms with Crippen LogP contribution >= 0.6 is 11.6 Å². The van der Waals surface area contributed by atoms with Gasteiger partial charge in [-0.05, 0) is 42.4 Å². The van der Waals surface area contributed by atoms with Crippen molar-refractivity contribution >= 4 is 22.6 Å². The second-order valence-electron chi connectivity index (χ2n) is 10.9. The van der Waals surface area contributed by atoms with Gasteiger partial charge in [0.15, 0.2) is 5.60 Å². The summed E-state index contributed by atoms with van der Waals surface area (Å²) in [7, 11) is 1.56. The highest BCUT2D eigenvalue weighted by atomic mass is 35.5. The number of H-pyrrole nitrogens is 1. The van der Waals surface area contributed by atoms with E-state index in [1.165, 1.54) is 0 Å². The molecule has 0 amide bonds. The zero-order valence-electron chi connectivity index (χ0n) is 22.9. The Morgan fingerprint density at radius 1 is 1.15 bits per heavy atom. The van der Waals surface area contributed by atoms with E-state index >= 15 is 0 Å². The number of aliphatic hydroxyl groups is 1. The van der Waals surface area contributed by atoms with Crippen LogP contribution < -0.4 is 5.76 Å². The number of aromatic amines is 1. The van der Waals surface area contributed by atoms with Gasteiger partial charge in [-0.25, -0.2) is 14.8 Å². The van der Waals surface area contributed by atoms with Crippen molar-refractivity contribution in [1.29, 1.82) is 0 Å². The van der Waals surface area contributed by atoms with E-state index < -0.39 is 11.4 Å². The van der Waals surface area contributed by atoms with Gasteiger partial charge in [0.05, 0.1) is 28.4 Å². The van der Waals surface area contributed by atoms with Crippen LogP contribution in [0.1, 0.15) is 44.0 Å². The van der Waals surface area contributed by atoms with Crippen molar-refractivity contribution in [3.63, 3.8) is 0 Å². The Kier molecular flexibility index (Phi) is 7.46. The van der Waals surface area contributed by atoms with Crippen LogP contribution in [-0.2, 0) is 16.9 Å². The number of rotatable bonds is 8. The number of nitrogens with zero attached hydrogens (tertiary/aromatic N) is 5. The molecule has 2 N–H and O–H groups in total. The van der Waals surface area contributed by atoms with Gasteiger partial charge in [-0.15, -0.1) is 0 Å². The fraction of sp³-hybridized carbons (Fsp3) is 0.367. The van der Waals surface area contributed by atoms with Gasteiger partial charge in [0.2, 0.25) is 5.82 Å². The van der Waals surface area contributed by atoms with Gasteiger partial charge in [0.25, 0.3) is 0 Å². The van der Waals surface area contributed by atoms with Crippen LogP contribution in [0.4, 0.5) is 0 Å². The van der Waals surface area contributed by atoms with Gasteiger partial charge < -0.3 is 14.4 Å². The molecule has 4 aromatic heterocycles. The minimum Gasteiger partial charge on any atom is -0.381 e. The first-order valence-electron chi connectivity index (χ1n) is 13.7. The molecular weight excluding hydrogens is 544 g/mol. The Balaban J connectivity index is 1.65. The lowest BCUT2D eigenvalue weighted by molar-refractivity contribution is -0.0124. The number of methoxy groups -OCH3 is 1. The van der Waals surface area contributed by atoms with Crippen molar-refractivity contribution in [1.82, 2.24) is 29.7 Å². The van der Waals surface area contributed by atoms with Crippen LogP contribution in [0.2, 0.25) is 5.02 Å². The summed E-state index contributed by atoms with van der Waals surface area (Å²) >= 11 is 6.37. The van der Waals surface area contributed by atoms with Crippen molar-refractivity contribution < 1.29 is 14.4 Å². The number of hydrogen-bond acceptors (Lipinski definition) is 8. The third-order valence-corrected chi connectivity index (χ3v) is 8.14. The van der Waals surface area contributed by atoms with Crippen LogP contribution in [0.5, 0.6) is 0 Å². The van der Waals surface area contributed by atoms with Crippen molar-refractivity contribution in [2.24, 2.45) is 11.8 Å². The molecule has 1 aliphatic rings. The predicted molar refractivity (Wildman–Crippen MR) is 154 cm³/mol. The van der Waals surface area contributed by atoms with E-state index in [-0.39, 0.29) is 12.4 Å². The van der Waals surface area contributed by atoms with Gasteiger partial charge >= 0.3 is 5.76 Å². The largest absolute Gasteiger partial charge is 0.439 e. The highest BCUT2D eigenvalue weighted by molar-refractivity contribution is 6.30. The number of halogens is 1. The number of nitrogens with one attached hydrogen (secondary N) is 1. The molecule has 10 nitrogen and oxygen atoms in total. The summed E-state index contributed by atoms with van der Waals surface area (Å²) < 4.78 is 12.4. The second kappa shape index (κ2) is 11.2. The third kappa shape index (κ3) is 5.30. The average molecular weight is 575 g/mol. The summed E-state index contributed by atoms with van der Waals surface area (Å²) in [5, 5.41) is 16.7. The second-order valence-corrected chi connectivity index (χ2v) is 11.3. The van der Waals surface area contributed by atoms with Crippen molar-refractivity contribution in [2.75, 3.05) is 13.7 Å². The zero-order valence-corrected chi connectivity index (χ0v) is 23.6. The minimum atomic E-state index is -1.55. The molecule has 0 aliphatic heterocycles. The first-order chi connectivity index (χ1) is 19.9. The topological polar surface area (TPSA) is 132 Å². The minimum absolute atomic E-state index is 0.00696. The molecular formula is C30H31ClN6O4. The quantitative estimate of drug-likeness (QED) is 0.258. The zero-order chi connectivity index (χ0) is 28.6. The lowest BCUT2D eigenvalue weighted by Crippen LogP contribution is -2.36. The standard InChI is InChI=1S/C30H31ClN6O4/c1-18-8-10-19(11-9-18)16-37-26-23(34-28(37)30(39,17-40-2)21-6-4-3-5-7-21)13-24(27-35-29(38)41-36-27)33-25(26)20-12-22(31)15-32-14-20/h3-7,12-15,18-19,39H,8-11,16-17H2,1-2H3,(H,35,36,38)/t18-,19-,30?. The molecule has 11 heteroatoms. The van der Waals surface area contributed by atoms with Gasteiger partial charge in [-0.3, -0.25) is 14.5 Å². The number of aromatic nitrogens is 6. The monoisotopic (exact) mass is 574 g/mol. The third-order valence-electron chi connectivity index (χ3n) is 7.94. The molecule has 1 aromatic carbocycles. The summed E-state index contributed by atoms with van der Waals surface area (Å²) in [6.45, 7) is 2.93. The smallest absolute Gasteiger partial charge is 0.381 e. The van der Waals surface area contributed by atoms with E-state index in [0.717, 1.165) is 31.2 Å². The lowest BCUT2D eigenvalue weighted by atomic mass is 9.83. The predicted octanol–water partition coefficient (Wildman–Crippen LogP) is 5.20. The van der Waals surface area contributed by atoms with Crippen LogP contribution in [0.3, 0.4) is 0 Å². The number of hydrogen-bond donors (Lipinski definition) is 2. The molecule has 1 fully saturated rings. The summed E-state index contributed by atoms with van der Waals surface area (Å²) in [6.07, 6.45) is 7.70. The molecule has 1 aliphatic carbocycles. The van der Waals surface area contributed by atoms with E-state index in [9.17, 15) is 9.90 Å². The highest BCUT2D eigenvalue weighted by Crippen LogP contribution is 2.39. The van der Waals surface area contributed by atoms with Crippen LogP contribution in [0, 0.1) is 11.8 Å². The number of pyridine rings is 2. The lowest BCUT2D eigenvalue weighted by Gasteiger charge is -2.31. The maximum atomic E-state index is 12.4. The van der Waals surface area contributed by atoms with Crippen molar-refractivity contribution in [2.45, 2.75) is 44.8 Å². The van der Waals surface area contributed by atoms with Crippen molar-refractivity contribution in [3.8, 4) is 22.8 Å². The molecule has 1 unspecified atom stereocenters. The van der Waals surface area contributed by atoms with Gasteiger partial charge in [-0.1, -0.05) is 66.9 Å². The normalized spacial score (nSPS) is 18.9. The van der Waals surface area contributed by atoms with E-state index in [0.29, 0.717) is 57.3 Å². The highest BCUT2D eigenvalue weighted by Gasteiger charge is 2.39. The van der Waals surface area contributed by atoms with Gasteiger partial charge in [0.1, 0.15) is 11.5 Å². The van der Waals surface area contributed by atoms with E-state index in [4.69, 9.17) is 30.8 Å². The number of ether oxygens (including phenoxy) is 1. The molecule has 0 radical (unpaired) electrons.